The van der Waals surface area contributed by atoms with Crippen LogP contribution in [0, 0.1) is 11.3 Å². The van der Waals surface area contributed by atoms with Gasteiger partial charge >= 0.3 is 0 Å². The predicted molar refractivity (Wildman–Crippen MR) is 79.8 cm³/mol. The first kappa shape index (κ1) is 18.4. The van der Waals surface area contributed by atoms with E-state index in [2.05, 4.69) is 26.1 Å². The Bertz CT molecular complexity index is 249. The van der Waals surface area contributed by atoms with Crippen molar-refractivity contribution in [1.82, 2.24) is 5.32 Å². The zero-order valence-electron chi connectivity index (χ0n) is 13.0. The number of amides is 1. The summed E-state index contributed by atoms with van der Waals surface area (Å²) in [5.74, 6) is 0.590. The molecule has 0 saturated carbocycles. The van der Waals surface area contributed by atoms with Crippen LogP contribution in [-0.4, -0.2) is 30.2 Å². The highest BCUT2D eigenvalue weighted by atomic mass is 16.2. The van der Waals surface area contributed by atoms with E-state index in [1.807, 2.05) is 6.92 Å². The Morgan fingerprint density at radius 3 is 2.37 bits per heavy atom. The quantitative estimate of drug-likeness (QED) is 0.601. The molecule has 0 rings (SSSR count). The molecule has 2 unspecified atom stereocenters. The summed E-state index contributed by atoms with van der Waals surface area (Å²) in [4.78, 5) is 11.8. The first-order valence-electron chi connectivity index (χ1n) is 7.41. The Morgan fingerprint density at radius 1 is 1.26 bits per heavy atom. The molecule has 0 bridgehead atoms. The maximum absolute atomic E-state index is 11.8. The maximum atomic E-state index is 11.8. The van der Waals surface area contributed by atoms with Crippen LogP contribution in [0.4, 0.5) is 0 Å². The van der Waals surface area contributed by atoms with E-state index in [9.17, 15) is 4.79 Å². The Morgan fingerprint density at radius 2 is 1.89 bits per heavy atom. The molecule has 0 aliphatic heterocycles. The van der Waals surface area contributed by atoms with E-state index < -0.39 is 0 Å². The molecule has 0 spiro atoms. The number of carbonyl (C=O) groups is 1. The van der Waals surface area contributed by atoms with Crippen LogP contribution >= 0.6 is 0 Å². The van der Waals surface area contributed by atoms with Gasteiger partial charge in [-0.05, 0) is 50.5 Å². The summed E-state index contributed by atoms with van der Waals surface area (Å²) >= 11 is 0. The smallest absolute Gasteiger partial charge is 0.220 e. The number of nitrogens with two attached hydrogens (primary N) is 1. The molecule has 0 aliphatic carbocycles. The van der Waals surface area contributed by atoms with Crippen LogP contribution in [0.3, 0.4) is 0 Å². The summed E-state index contributed by atoms with van der Waals surface area (Å²) in [7, 11) is 0. The van der Waals surface area contributed by atoms with E-state index in [0.29, 0.717) is 18.9 Å². The Labute approximate surface area is 118 Å². The summed E-state index contributed by atoms with van der Waals surface area (Å²) in [6.45, 7) is 9.45. The number of hydrogen-bond acceptors (Lipinski definition) is 3. The van der Waals surface area contributed by atoms with Gasteiger partial charge in [0.05, 0.1) is 0 Å². The summed E-state index contributed by atoms with van der Waals surface area (Å²) in [5, 5.41) is 11.7. The third-order valence-corrected chi connectivity index (χ3v) is 3.66. The van der Waals surface area contributed by atoms with Crippen molar-refractivity contribution in [3.63, 3.8) is 0 Å². The number of hydrogen-bond donors (Lipinski definition) is 3. The highest BCUT2D eigenvalue weighted by Gasteiger charge is 2.24. The van der Waals surface area contributed by atoms with Crippen molar-refractivity contribution in [3.05, 3.63) is 0 Å². The van der Waals surface area contributed by atoms with Crippen LogP contribution in [-0.2, 0) is 4.79 Å². The Hall–Kier alpha value is -0.610. The summed E-state index contributed by atoms with van der Waals surface area (Å²) in [6.07, 6.45) is 3.98. The fraction of sp³-hybridized carbons (Fsp3) is 0.933. The fourth-order valence-corrected chi connectivity index (χ4v) is 2.33. The molecule has 0 saturated heterocycles. The molecular formula is C15H32N2O2. The minimum Gasteiger partial charge on any atom is -0.396 e. The molecule has 19 heavy (non-hydrogen) atoms. The van der Waals surface area contributed by atoms with Crippen molar-refractivity contribution in [2.45, 2.75) is 65.8 Å². The zero-order chi connectivity index (χ0) is 14.9. The molecule has 0 radical (unpaired) electrons. The summed E-state index contributed by atoms with van der Waals surface area (Å²) < 4.78 is 0. The molecule has 4 heteroatoms. The SMILES string of the molecule is CC(CCCO)NC(=O)CCC(CCN)C(C)(C)C. The summed E-state index contributed by atoms with van der Waals surface area (Å²) in [6, 6.07) is 0.141. The number of nitrogens with one attached hydrogen (secondary N) is 1. The van der Waals surface area contributed by atoms with Gasteiger partial charge in [0, 0.05) is 19.1 Å². The van der Waals surface area contributed by atoms with Crippen LogP contribution in [0.5, 0.6) is 0 Å². The van der Waals surface area contributed by atoms with Gasteiger partial charge < -0.3 is 16.2 Å². The minimum atomic E-state index is 0.108. The van der Waals surface area contributed by atoms with Gasteiger partial charge in [-0.1, -0.05) is 20.8 Å². The molecule has 4 nitrogen and oxygen atoms in total. The molecule has 0 fully saturated rings. The van der Waals surface area contributed by atoms with Crippen molar-refractivity contribution in [3.8, 4) is 0 Å². The van der Waals surface area contributed by atoms with Crippen LogP contribution in [0.2, 0.25) is 0 Å². The van der Waals surface area contributed by atoms with Crippen molar-refractivity contribution < 1.29 is 9.90 Å². The van der Waals surface area contributed by atoms with E-state index in [1.165, 1.54) is 0 Å². The molecule has 114 valence electrons. The highest BCUT2D eigenvalue weighted by Crippen LogP contribution is 2.31. The monoisotopic (exact) mass is 272 g/mol. The van der Waals surface area contributed by atoms with Crippen LogP contribution < -0.4 is 11.1 Å². The van der Waals surface area contributed by atoms with Gasteiger partial charge in [-0.15, -0.1) is 0 Å². The maximum Gasteiger partial charge on any atom is 0.220 e. The average molecular weight is 272 g/mol. The van der Waals surface area contributed by atoms with Gasteiger partial charge in [0.15, 0.2) is 0 Å². The lowest BCUT2D eigenvalue weighted by Gasteiger charge is -2.30. The van der Waals surface area contributed by atoms with Gasteiger partial charge in [0.2, 0.25) is 5.91 Å². The Balaban J connectivity index is 4.04. The minimum absolute atomic E-state index is 0.108. The molecule has 2 atom stereocenters. The molecule has 0 aromatic carbocycles. The zero-order valence-corrected chi connectivity index (χ0v) is 13.0. The lowest BCUT2D eigenvalue weighted by molar-refractivity contribution is -0.122. The molecular weight excluding hydrogens is 240 g/mol. The second-order valence-corrected chi connectivity index (χ2v) is 6.51. The average Bonchev–Trinajstić information content (AvgIpc) is 2.30. The van der Waals surface area contributed by atoms with E-state index in [1.54, 1.807) is 0 Å². The lowest BCUT2D eigenvalue weighted by atomic mass is 9.76. The van der Waals surface area contributed by atoms with E-state index >= 15 is 0 Å². The van der Waals surface area contributed by atoms with Gasteiger partial charge in [-0.3, -0.25) is 4.79 Å². The van der Waals surface area contributed by atoms with E-state index in [-0.39, 0.29) is 24.0 Å². The summed E-state index contributed by atoms with van der Waals surface area (Å²) in [5.41, 5.74) is 5.84. The third-order valence-electron chi connectivity index (χ3n) is 3.66. The number of carbonyl (C=O) groups excluding carboxylic acids is 1. The predicted octanol–water partition coefficient (Wildman–Crippen LogP) is 2.05. The highest BCUT2D eigenvalue weighted by molar-refractivity contribution is 5.76. The number of aliphatic hydroxyl groups excluding tert-OH is 1. The van der Waals surface area contributed by atoms with E-state index in [4.69, 9.17) is 10.8 Å². The molecule has 0 aromatic heterocycles. The van der Waals surface area contributed by atoms with Gasteiger partial charge in [0.1, 0.15) is 0 Å². The normalized spacial score (nSPS) is 15.1. The van der Waals surface area contributed by atoms with Crippen molar-refractivity contribution in [2.75, 3.05) is 13.2 Å². The first-order chi connectivity index (χ1) is 8.81. The largest absolute Gasteiger partial charge is 0.396 e. The number of aliphatic hydroxyl groups is 1. The van der Waals surface area contributed by atoms with Gasteiger partial charge in [-0.25, -0.2) is 0 Å². The van der Waals surface area contributed by atoms with Crippen LogP contribution in [0.1, 0.15) is 59.8 Å². The van der Waals surface area contributed by atoms with Crippen LogP contribution in [0.15, 0.2) is 0 Å². The molecule has 0 aromatic rings. The van der Waals surface area contributed by atoms with Crippen molar-refractivity contribution in [2.24, 2.45) is 17.1 Å². The van der Waals surface area contributed by atoms with Gasteiger partial charge in [-0.2, -0.15) is 0 Å². The standard InChI is InChI=1S/C15H32N2O2/c1-12(6-5-11-18)17-14(19)8-7-13(9-10-16)15(2,3)4/h12-13,18H,5-11,16H2,1-4H3,(H,17,19). The molecule has 4 N–H and O–H groups in total. The first-order valence-corrected chi connectivity index (χ1v) is 7.41. The second-order valence-electron chi connectivity index (χ2n) is 6.51. The van der Waals surface area contributed by atoms with Crippen molar-refractivity contribution in [1.29, 1.82) is 0 Å². The molecule has 1 amide bonds. The second kappa shape index (κ2) is 9.32. The van der Waals surface area contributed by atoms with E-state index in [0.717, 1.165) is 25.7 Å². The van der Waals surface area contributed by atoms with Crippen LogP contribution in [0.25, 0.3) is 0 Å². The lowest BCUT2D eigenvalue weighted by Crippen LogP contribution is -2.33. The topological polar surface area (TPSA) is 75.3 Å². The number of rotatable bonds is 9. The van der Waals surface area contributed by atoms with Gasteiger partial charge in [0.25, 0.3) is 0 Å². The molecule has 0 heterocycles. The van der Waals surface area contributed by atoms with Crippen molar-refractivity contribution >= 4 is 5.91 Å². The molecule has 0 aliphatic rings. The Kier molecular flexibility index (Phi) is 9.02. The third kappa shape index (κ3) is 9.00. The fourth-order valence-electron chi connectivity index (χ4n) is 2.33.